The van der Waals surface area contributed by atoms with Crippen molar-refractivity contribution in [2.45, 2.75) is 24.0 Å². The quantitative estimate of drug-likeness (QED) is 0.158. The molecule has 0 saturated carbocycles. The largest absolute Gasteiger partial charge is 0.454 e. The molecule has 0 spiro atoms. The van der Waals surface area contributed by atoms with E-state index < -0.39 is 36.0 Å². The molecule has 7 aromatic carbocycles. The third-order valence-corrected chi connectivity index (χ3v) is 10.4. The van der Waals surface area contributed by atoms with E-state index in [1.807, 2.05) is 78.9 Å². The first kappa shape index (κ1) is 31.5. The molecule has 0 amide bonds. The third-order valence-electron chi connectivity index (χ3n) is 10.4. The molecule has 2 bridgehead atoms. The zero-order valence-electron chi connectivity index (χ0n) is 28.3. The van der Waals surface area contributed by atoms with Gasteiger partial charge in [0.05, 0.1) is 23.0 Å². The average Bonchev–Trinajstić information content (AvgIpc) is 3.22. The van der Waals surface area contributed by atoms with Crippen LogP contribution < -0.4 is 0 Å². The highest BCUT2D eigenvalue weighted by atomic mass is 16.6. The van der Waals surface area contributed by atoms with E-state index in [2.05, 4.69) is 78.9 Å². The predicted octanol–water partition coefficient (Wildman–Crippen LogP) is 10.7. The maximum atomic E-state index is 14.2. The molecule has 3 aliphatic carbocycles. The van der Waals surface area contributed by atoms with Crippen LogP contribution in [0.3, 0.4) is 0 Å². The van der Waals surface area contributed by atoms with E-state index >= 15 is 0 Å². The summed E-state index contributed by atoms with van der Waals surface area (Å²) >= 11 is 0. The van der Waals surface area contributed by atoms with Crippen LogP contribution in [0.25, 0.3) is 33.4 Å². The molecular weight excluding hydrogens is 641 g/mol. The van der Waals surface area contributed by atoms with Crippen molar-refractivity contribution in [2.24, 2.45) is 0 Å². The molecule has 4 nitrogen and oxygen atoms in total. The zero-order valence-corrected chi connectivity index (χ0v) is 28.3. The van der Waals surface area contributed by atoms with Gasteiger partial charge in [-0.05, 0) is 79.9 Å². The Kier molecular flexibility index (Phi) is 8.05. The van der Waals surface area contributed by atoms with Gasteiger partial charge in [-0.2, -0.15) is 0 Å². The summed E-state index contributed by atoms with van der Waals surface area (Å²) in [6.45, 7) is 0. The second-order valence-corrected chi connectivity index (χ2v) is 13.3. The van der Waals surface area contributed by atoms with E-state index in [1.54, 1.807) is 24.3 Å². The smallest absolute Gasteiger partial charge is 0.338 e. The van der Waals surface area contributed by atoms with Gasteiger partial charge in [0.15, 0.2) is 12.2 Å². The van der Waals surface area contributed by atoms with Crippen LogP contribution in [0.4, 0.5) is 0 Å². The second-order valence-electron chi connectivity index (χ2n) is 13.3. The summed E-state index contributed by atoms with van der Waals surface area (Å²) in [5.41, 5.74) is 11.6. The topological polar surface area (TPSA) is 52.6 Å². The van der Waals surface area contributed by atoms with Crippen LogP contribution in [0.1, 0.15) is 54.8 Å². The van der Waals surface area contributed by atoms with Crippen LogP contribution in [0.15, 0.2) is 182 Å². The molecule has 250 valence electrons. The summed E-state index contributed by atoms with van der Waals surface area (Å²) in [6, 6.07) is 60.0. The van der Waals surface area contributed by atoms with E-state index in [4.69, 9.17) is 9.47 Å². The van der Waals surface area contributed by atoms with E-state index in [-0.39, 0.29) is 0 Å². The summed E-state index contributed by atoms with van der Waals surface area (Å²) in [6.07, 6.45) is -1.64. The predicted molar refractivity (Wildman–Crippen MR) is 204 cm³/mol. The van der Waals surface area contributed by atoms with Crippen LogP contribution in [-0.4, -0.2) is 24.1 Å². The zero-order chi connectivity index (χ0) is 35.0. The number of hydrogen-bond donors (Lipinski definition) is 0. The summed E-state index contributed by atoms with van der Waals surface area (Å²) in [5.74, 6) is -1.83. The first-order valence-electron chi connectivity index (χ1n) is 17.7. The third kappa shape index (κ3) is 5.41. The highest BCUT2D eigenvalue weighted by Crippen LogP contribution is 2.61. The van der Waals surface area contributed by atoms with Crippen molar-refractivity contribution in [3.8, 4) is 33.4 Å². The molecule has 0 fully saturated rings. The summed E-state index contributed by atoms with van der Waals surface area (Å²) in [7, 11) is 0. The SMILES string of the molecule is O=C(OC1C(OC(=O)c2ccccc2)[C@H]2c3cccc(-c4ccccc4)c3[C@H]1c1c(-c3ccccc3)ccc(-c3ccccc3)c12)c1ccccc1. The summed E-state index contributed by atoms with van der Waals surface area (Å²) in [4.78, 5) is 28.2. The molecule has 0 aromatic heterocycles. The maximum absolute atomic E-state index is 14.2. The van der Waals surface area contributed by atoms with Gasteiger partial charge < -0.3 is 9.47 Å². The molecule has 0 aliphatic heterocycles. The lowest BCUT2D eigenvalue weighted by Gasteiger charge is -2.51. The van der Waals surface area contributed by atoms with Crippen molar-refractivity contribution < 1.29 is 19.1 Å². The molecule has 2 unspecified atom stereocenters. The highest BCUT2D eigenvalue weighted by Gasteiger charge is 2.56. The van der Waals surface area contributed by atoms with Crippen molar-refractivity contribution in [1.82, 2.24) is 0 Å². The molecule has 4 heteroatoms. The monoisotopic (exact) mass is 674 g/mol. The maximum Gasteiger partial charge on any atom is 0.338 e. The number of hydrogen-bond acceptors (Lipinski definition) is 4. The molecule has 3 aliphatic rings. The van der Waals surface area contributed by atoms with Crippen LogP contribution in [-0.2, 0) is 9.47 Å². The Hall–Kier alpha value is -6.52. The van der Waals surface area contributed by atoms with Gasteiger partial charge in [0.25, 0.3) is 0 Å². The molecule has 52 heavy (non-hydrogen) atoms. The molecule has 10 rings (SSSR count). The molecule has 7 aromatic rings. The second kappa shape index (κ2) is 13.3. The highest BCUT2D eigenvalue weighted by molar-refractivity contribution is 5.92. The Labute approximate surface area is 303 Å². The first-order chi connectivity index (χ1) is 25.7. The molecule has 0 saturated heterocycles. The summed E-state index contributed by atoms with van der Waals surface area (Å²) < 4.78 is 13.3. The van der Waals surface area contributed by atoms with Crippen LogP contribution >= 0.6 is 0 Å². The normalized spacial score (nSPS) is 18.2. The Morgan fingerprint density at radius 1 is 0.346 bits per heavy atom. The number of esters is 2. The van der Waals surface area contributed by atoms with E-state index in [0.29, 0.717) is 11.1 Å². The van der Waals surface area contributed by atoms with Crippen molar-refractivity contribution in [3.63, 3.8) is 0 Å². The minimum absolute atomic E-state index is 0.440. The Morgan fingerprint density at radius 3 is 1.15 bits per heavy atom. The lowest BCUT2D eigenvalue weighted by atomic mass is 9.57. The molecule has 4 atom stereocenters. The van der Waals surface area contributed by atoms with Crippen molar-refractivity contribution in [1.29, 1.82) is 0 Å². The van der Waals surface area contributed by atoms with Crippen LogP contribution in [0.2, 0.25) is 0 Å². The van der Waals surface area contributed by atoms with Crippen molar-refractivity contribution in [3.05, 3.63) is 215 Å². The van der Waals surface area contributed by atoms with E-state index in [1.165, 1.54) is 0 Å². The van der Waals surface area contributed by atoms with Gasteiger partial charge in [0, 0.05) is 0 Å². The fourth-order valence-electron chi connectivity index (χ4n) is 8.27. The van der Waals surface area contributed by atoms with E-state index in [9.17, 15) is 9.59 Å². The van der Waals surface area contributed by atoms with Gasteiger partial charge in [-0.25, -0.2) is 9.59 Å². The van der Waals surface area contributed by atoms with Crippen LogP contribution in [0, 0.1) is 0 Å². The standard InChI is InChI=1S/C48H34O4/c49-47(34-23-12-4-13-24-34)51-45-43-39-28-16-27-36(31-17-6-1-7-18-31)40(39)44(46(45)52-48(50)35-25-14-5-15-26-35)42-38(33-21-10-3-11-22-33)30-29-37(41(42)43)32-19-8-2-9-20-32/h1-30,43-46H/t43-,44-,45?,46?/m0/s1. The van der Waals surface area contributed by atoms with Gasteiger partial charge in [0.1, 0.15) is 0 Å². The molecular formula is C48H34O4. The Morgan fingerprint density at radius 2 is 0.712 bits per heavy atom. The first-order valence-corrected chi connectivity index (χ1v) is 17.7. The average molecular weight is 675 g/mol. The molecule has 0 N–H and O–H groups in total. The van der Waals surface area contributed by atoms with E-state index in [0.717, 1.165) is 55.6 Å². The Balaban J connectivity index is 1.35. The number of carbonyl (C=O) groups excluding carboxylic acids is 2. The fourth-order valence-corrected chi connectivity index (χ4v) is 8.27. The number of fused-ring (bicyclic) bond motifs is 1. The minimum atomic E-state index is -0.830. The summed E-state index contributed by atoms with van der Waals surface area (Å²) in [5, 5.41) is 0. The lowest BCUT2D eigenvalue weighted by Crippen LogP contribution is -2.52. The van der Waals surface area contributed by atoms with Gasteiger partial charge >= 0.3 is 11.9 Å². The van der Waals surface area contributed by atoms with Crippen molar-refractivity contribution >= 4 is 11.9 Å². The number of ether oxygens (including phenoxy) is 2. The Bertz CT molecular complexity index is 2390. The number of benzene rings is 7. The number of rotatable bonds is 7. The lowest BCUT2D eigenvalue weighted by molar-refractivity contribution is -0.0554. The van der Waals surface area contributed by atoms with Gasteiger partial charge in [-0.3, -0.25) is 0 Å². The van der Waals surface area contributed by atoms with Gasteiger partial charge in [0.2, 0.25) is 0 Å². The fraction of sp³-hybridized carbons (Fsp3) is 0.0833. The van der Waals surface area contributed by atoms with Crippen molar-refractivity contribution in [2.75, 3.05) is 0 Å². The number of carbonyl (C=O) groups is 2. The molecule has 0 radical (unpaired) electrons. The van der Waals surface area contributed by atoms with Crippen LogP contribution in [0.5, 0.6) is 0 Å². The molecule has 0 heterocycles. The van der Waals surface area contributed by atoms with Gasteiger partial charge in [-0.15, -0.1) is 0 Å². The minimum Gasteiger partial charge on any atom is -0.454 e. The van der Waals surface area contributed by atoms with Gasteiger partial charge in [-0.1, -0.05) is 158 Å².